The Bertz CT molecular complexity index is 1540. The molecule has 0 saturated heterocycles. The number of rotatable bonds is 9. The summed E-state index contributed by atoms with van der Waals surface area (Å²) in [4.78, 5) is 37.9. The van der Waals surface area contributed by atoms with Crippen molar-refractivity contribution >= 4 is 34.8 Å². The minimum atomic E-state index is -4.53. The molecule has 4 aromatic rings. The van der Waals surface area contributed by atoms with Crippen LogP contribution in [0.1, 0.15) is 44.8 Å². The second-order valence-electron chi connectivity index (χ2n) is 9.20. The highest BCUT2D eigenvalue weighted by Crippen LogP contribution is 2.30. The molecule has 1 unspecified atom stereocenters. The lowest BCUT2D eigenvalue weighted by Crippen LogP contribution is -2.27. The standard InChI is InChI=1S/C31H27F3N4O3/c1-20(21-8-3-2-4-9-21)36-29(40)23-11-6-14-26(17-23)37-28(39)19-35-25-13-5-10-22(16-25)30(41)38-27-15-7-12-24(18-27)31(32,33)34/h2-18,20,35H,19H2,1H3,(H,36,40)(H,37,39)(H,38,41). The molecule has 0 heterocycles. The maximum absolute atomic E-state index is 13.0. The summed E-state index contributed by atoms with van der Waals surface area (Å²) in [6, 6.07) is 26.4. The number of nitrogens with one attached hydrogen (secondary N) is 4. The van der Waals surface area contributed by atoms with Gasteiger partial charge in [-0.05, 0) is 67.1 Å². The van der Waals surface area contributed by atoms with Gasteiger partial charge in [0, 0.05) is 28.2 Å². The molecule has 3 amide bonds. The van der Waals surface area contributed by atoms with Crippen molar-refractivity contribution in [3.63, 3.8) is 0 Å². The largest absolute Gasteiger partial charge is 0.416 e. The molecule has 0 spiro atoms. The van der Waals surface area contributed by atoms with E-state index in [0.717, 1.165) is 17.7 Å². The summed E-state index contributed by atoms with van der Waals surface area (Å²) in [5.74, 6) is -1.27. The van der Waals surface area contributed by atoms with Crippen molar-refractivity contribution in [1.29, 1.82) is 0 Å². The zero-order valence-corrected chi connectivity index (χ0v) is 22.0. The first-order valence-electron chi connectivity index (χ1n) is 12.7. The Morgan fingerprint density at radius 3 is 1.95 bits per heavy atom. The summed E-state index contributed by atoms with van der Waals surface area (Å²) in [5, 5.41) is 11.0. The Morgan fingerprint density at radius 1 is 0.683 bits per heavy atom. The highest BCUT2D eigenvalue weighted by molar-refractivity contribution is 6.05. The molecule has 0 fully saturated rings. The van der Waals surface area contributed by atoms with Gasteiger partial charge >= 0.3 is 6.18 Å². The van der Waals surface area contributed by atoms with Crippen LogP contribution in [0.5, 0.6) is 0 Å². The monoisotopic (exact) mass is 560 g/mol. The first kappa shape index (κ1) is 28.9. The van der Waals surface area contributed by atoms with Crippen LogP contribution in [0.3, 0.4) is 0 Å². The highest BCUT2D eigenvalue weighted by Gasteiger charge is 2.30. The van der Waals surface area contributed by atoms with Crippen molar-refractivity contribution in [2.75, 3.05) is 22.5 Å². The first-order valence-corrected chi connectivity index (χ1v) is 12.7. The van der Waals surface area contributed by atoms with E-state index in [1.807, 2.05) is 37.3 Å². The predicted molar refractivity (Wildman–Crippen MR) is 152 cm³/mol. The Kier molecular flexibility index (Phi) is 9.03. The minimum Gasteiger partial charge on any atom is -0.376 e. The summed E-state index contributed by atoms with van der Waals surface area (Å²) in [6.45, 7) is 1.74. The van der Waals surface area contributed by atoms with Crippen LogP contribution in [0.2, 0.25) is 0 Å². The summed E-state index contributed by atoms with van der Waals surface area (Å²) in [6.07, 6.45) is -4.53. The van der Waals surface area contributed by atoms with Gasteiger partial charge < -0.3 is 21.3 Å². The number of anilines is 3. The fourth-order valence-corrected chi connectivity index (χ4v) is 3.98. The van der Waals surface area contributed by atoms with Gasteiger partial charge in [0.2, 0.25) is 5.91 Å². The van der Waals surface area contributed by atoms with E-state index in [0.29, 0.717) is 16.9 Å². The molecule has 0 aliphatic carbocycles. The average molecular weight is 561 g/mol. The van der Waals surface area contributed by atoms with Gasteiger partial charge in [0.05, 0.1) is 18.2 Å². The Balaban J connectivity index is 1.31. The van der Waals surface area contributed by atoms with Gasteiger partial charge in [-0.25, -0.2) is 0 Å². The number of halogens is 3. The van der Waals surface area contributed by atoms with Crippen LogP contribution in [-0.2, 0) is 11.0 Å². The predicted octanol–water partition coefficient (Wildman–Crippen LogP) is 6.50. The van der Waals surface area contributed by atoms with Crippen molar-refractivity contribution < 1.29 is 27.6 Å². The number of carbonyl (C=O) groups is 3. The van der Waals surface area contributed by atoms with Gasteiger partial charge in [0.15, 0.2) is 0 Å². The van der Waals surface area contributed by atoms with Crippen LogP contribution >= 0.6 is 0 Å². The van der Waals surface area contributed by atoms with E-state index in [2.05, 4.69) is 21.3 Å². The van der Waals surface area contributed by atoms with Crippen LogP contribution in [0.4, 0.5) is 30.2 Å². The summed E-state index contributed by atoms with van der Waals surface area (Å²) < 4.78 is 38.9. The van der Waals surface area contributed by atoms with E-state index in [1.54, 1.807) is 36.4 Å². The molecule has 0 aliphatic rings. The molecule has 4 N–H and O–H groups in total. The van der Waals surface area contributed by atoms with Crippen molar-refractivity contribution in [3.8, 4) is 0 Å². The molecule has 0 saturated carbocycles. The topological polar surface area (TPSA) is 99.3 Å². The summed E-state index contributed by atoms with van der Waals surface area (Å²) in [7, 11) is 0. The molecule has 0 aromatic heterocycles. The lowest BCUT2D eigenvalue weighted by molar-refractivity contribution is -0.137. The van der Waals surface area contributed by atoms with Gasteiger partial charge in [-0.15, -0.1) is 0 Å². The van der Waals surface area contributed by atoms with Crippen LogP contribution in [0.25, 0.3) is 0 Å². The molecule has 41 heavy (non-hydrogen) atoms. The molecule has 10 heteroatoms. The van der Waals surface area contributed by atoms with E-state index in [4.69, 9.17) is 0 Å². The number of benzene rings is 4. The number of alkyl halides is 3. The molecule has 0 aliphatic heterocycles. The van der Waals surface area contributed by atoms with Crippen LogP contribution in [0, 0.1) is 0 Å². The number of carbonyl (C=O) groups excluding carboxylic acids is 3. The molecule has 0 radical (unpaired) electrons. The van der Waals surface area contributed by atoms with E-state index < -0.39 is 17.6 Å². The second-order valence-corrected chi connectivity index (χ2v) is 9.20. The van der Waals surface area contributed by atoms with Crippen molar-refractivity contribution in [3.05, 3.63) is 125 Å². The Labute approximate surface area is 234 Å². The molecule has 4 rings (SSSR count). The number of hydrogen-bond acceptors (Lipinski definition) is 4. The summed E-state index contributed by atoms with van der Waals surface area (Å²) >= 11 is 0. The van der Waals surface area contributed by atoms with Gasteiger partial charge in [-0.2, -0.15) is 13.2 Å². The normalized spacial score (nSPS) is 11.7. The van der Waals surface area contributed by atoms with E-state index in [9.17, 15) is 27.6 Å². The summed E-state index contributed by atoms with van der Waals surface area (Å²) in [5.41, 5.74) is 1.58. The number of amides is 3. The maximum Gasteiger partial charge on any atom is 0.416 e. The fraction of sp³-hybridized carbons (Fsp3) is 0.129. The van der Waals surface area contributed by atoms with Gasteiger partial charge in [0.1, 0.15) is 0 Å². The third kappa shape index (κ3) is 8.18. The Morgan fingerprint density at radius 2 is 1.27 bits per heavy atom. The third-order valence-corrected chi connectivity index (χ3v) is 6.08. The van der Waals surface area contributed by atoms with Crippen LogP contribution < -0.4 is 21.3 Å². The molecule has 4 aromatic carbocycles. The van der Waals surface area contributed by atoms with Crippen molar-refractivity contribution in [2.24, 2.45) is 0 Å². The van der Waals surface area contributed by atoms with Crippen molar-refractivity contribution in [1.82, 2.24) is 5.32 Å². The zero-order chi connectivity index (χ0) is 29.4. The molecular weight excluding hydrogens is 533 g/mol. The molecule has 210 valence electrons. The van der Waals surface area contributed by atoms with Crippen LogP contribution in [0.15, 0.2) is 103 Å². The molecule has 1 atom stereocenters. The zero-order valence-electron chi connectivity index (χ0n) is 22.0. The fourth-order valence-electron chi connectivity index (χ4n) is 3.98. The van der Waals surface area contributed by atoms with E-state index in [-0.39, 0.29) is 35.7 Å². The van der Waals surface area contributed by atoms with E-state index >= 15 is 0 Å². The SMILES string of the molecule is CC(NC(=O)c1cccc(NC(=O)CNc2cccc(C(=O)Nc3cccc(C(F)(F)F)c3)c2)c1)c1ccccc1. The quantitative estimate of drug-likeness (QED) is 0.188. The third-order valence-electron chi connectivity index (χ3n) is 6.08. The van der Waals surface area contributed by atoms with E-state index in [1.165, 1.54) is 24.3 Å². The molecular formula is C31H27F3N4O3. The first-order chi connectivity index (χ1) is 19.6. The van der Waals surface area contributed by atoms with Gasteiger partial charge in [0.25, 0.3) is 11.8 Å². The van der Waals surface area contributed by atoms with Gasteiger partial charge in [-0.1, -0.05) is 48.5 Å². The second kappa shape index (κ2) is 12.8. The lowest BCUT2D eigenvalue weighted by atomic mass is 10.1. The minimum absolute atomic E-state index is 0.00741. The highest BCUT2D eigenvalue weighted by atomic mass is 19.4. The van der Waals surface area contributed by atoms with Crippen LogP contribution in [-0.4, -0.2) is 24.3 Å². The van der Waals surface area contributed by atoms with Crippen molar-refractivity contribution in [2.45, 2.75) is 19.1 Å². The Hall–Kier alpha value is -5.12. The molecule has 7 nitrogen and oxygen atoms in total. The lowest BCUT2D eigenvalue weighted by Gasteiger charge is -2.15. The smallest absolute Gasteiger partial charge is 0.376 e. The molecule has 0 bridgehead atoms. The maximum atomic E-state index is 13.0. The van der Waals surface area contributed by atoms with Gasteiger partial charge in [-0.3, -0.25) is 14.4 Å². The number of hydrogen-bond donors (Lipinski definition) is 4. The average Bonchev–Trinajstić information content (AvgIpc) is 2.96.